The molecule has 182 valence electrons. The van der Waals surface area contributed by atoms with Gasteiger partial charge in [-0.25, -0.2) is 0 Å². The summed E-state index contributed by atoms with van der Waals surface area (Å²) in [6, 6.07) is 16.2. The van der Waals surface area contributed by atoms with Gasteiger partial charge in [-0.2, -0.15) is 0 Å². The second-order valence-corrected chi connectivity index (χ2v) is 10.2. The monoisotopic (exact) mass is 483 g/mol. The van der Waals surface area contributed by atoms with E-state index in [1.165, 1.54) is 0 Å². The molecule has 36 heavy (non-hydrogen) atoms. The summed E-state index contributed by atoms with van der Waals surface area (Å²) >= 11 is 0. The first-order valence-electron chi connectivity index (χ1n) is 12.2. The van der Waals surface area contributed by atoms with Crippen LogP contribution in [0.1, 0.15) is 41.7 Å². The summed E-state index contributed by atoms with van der Waals surface area (Å²) in [5.41, 5.74) is 4.30. The maximum Gasteiger partial charge on any atom is 0.254 e. The number of para-hydroxylation sites is 2. The van der Waals surface area contributed by atoms with Crippen molar-refractivity contribution < 1.29 is 24.1 Å². The topological polar surface area (TPSA) is 86.9 Å². The van der Waals surface area contributed by atoms with Crippen molar-refractivity contribution >= 4 is 49.5 Å². The number of hydrogen-bond donors (Lipinski definition) is 2. The molecule has 5 unspecified atom stereocenters. The minimum atomic E-state index is -1.00. The Hall–Kier alpha value is -3.43. The van der Waals surface area contributed by atoms with E-state index >= 15 is 0 Å². The van der Waals surface area contributed by atoms with Crippen LogP contribution in [0.3, 0.4) is 0 Å². The van der Waals surface area contributed by atoms with E-state index in [1.807, 2.05) is 31.2 Å². The van der Waals surface area contributed by atoms with Gasteiger partial charge in [-0.15, -0.1) is 0 Å². The van der Waals surface area contributed by atoms with Crippen LogP contribution in [0.2, 0.25) is 0 Å². The Balaban J connectivity index is 1.74. The molecule has 1 fully saturated rings. The normalized spacial score (nSPS) is 28.9. The van der Waals surface area contributed by atoms with Gasteiger partial charge in [0.2, 0.25) is 0 Å². The molecule has 0 radical (unpaired) electrons. The van der Waals surface area contributed by atoms with Crippen molar-refractivity contribution in [3.05, 3.63) is 59.7 Å². The highest BCUT2D eigenvalue weighted by molar-refractivity contribution is 6.31. The smallest absolute Gasteiger partial charge is 0.254 e. The first-order chi connectivity index (χ1) is 17.5. The molecule has 2 bridgehead atoms. The molecule has 0 aliphatic carbocycles. The average Bonchev–Trinajstić information content (AvgIpc) is 3.49. The van der Waals surface area contributed by atoms with Gasteiger partial charge in [0, 0.05) is 47.7 Å². The molecule has 8 rings (SSSR count). The largest absolute Gasteiger partial charge is 0.390 e. The molecule has 5 aromatic rings. The Morgan fingerprint density at radius 2 is 1.69 bits per heavy atom. The highest BCUT2D eigenvalue weighted by Gasteiger charge is 2.53. The standard InChI is InChI=1S/C28H25N3O5/c1-28-25(34-2)17(32)12-18(36-28)30-15-10-6-4-8-13(15)19-21-22(27(35-3)29-26(21)33)20-14-9-5-7-11-16(14)31(28)24(20)23(19)30/h4-11,17-18,25,27,32H,12H2,1-3H3,(H,29,33). The molecular weight excluding hydrogens is 458 g/mol. The van der Waals surface area contributed by atoms with E-state index in [0.717, 1.165) is 49.2 Å². The third kappa shape index (κ3) is 2.15. The predicted molar refractivity (Wildman–Crippen MR) is 135 cm³/mol. The van der Waals surface area contributed by atoms with E-state index in [-0.39, 0.29) is 5.91 Å². The zero-order valence-electron chi connectivity index (χ0n) is 20.1. The van der Waals surface area contributed by atoms with Crippen LogP contribution in [0.15, 0.2) is 48.5 Å². The van der Waals surface area contributed by atoms with E-state index in [2.05, 4.69) is 38.7 Å². The summed E-state index contributed by atoms with van der Waals surface area (Å²) < 4.78 is 23.0. The van der Waals surface area contributed by atoms with E-state index in [1.54, 1.807) is 14.2 Å². The van der Waals surface area contributed by atoms with Crippen molar-refractivity contribution in [2.75, 3.05) is 14.2 Å². The summed E-state index contributed by atoms with van der Waals surface area (Å²) in [6.07, 6.45) is -1.98. The van der Waals surface area contributed by atoms with Crippen molar-refractivity contribution in [1.82, 2.24) is 14.5 Å². The number of hydrogen-bond acceptors (Lipinski definition) is 5. The van der Waals surface area contributed by atoms with Crippen LogP contribution in [-0.2, 0) is 19.9 Å². The molecule has 1 saturated heterocycles. The molecule has 2 aromatic heterocycles. The van der Waals surface area contributed by atoms with Crippen LogP contribution in [0.4, 0.5) is 0 Å². The number of methoxy groups -OCH3 is 2. The number of nitrogens with zero attached hydrogens (tertiary/aromatic N) is 2. The molecule has 3 aromatic carbocycles. The molecule has 2 N–H and O–H groups in total. The van der Waals surface area contributed by atoms with Crippen molar-refractivity contribution in [1.29, 1.82) is 0 Å². The fourth-order valence-electron chi connectivity index (χ4n) is 7.24. The van der Waals surface area contributed by atoms with Crippen LogP contribution in [-0.4, -0.2) is 46.6 Å². The fraction of sp³-hybridized carbons (Fsp3) is 0.321. The highest BCUT2D eigenvalue weighted by atomic mass is 16.6. The first-order valence-corrected chi connectivity index (χ1v) is 12.2. The molecule has 3 aliphatic rings. The third-order valence-corrected chi connectivity index (χ3v) is 8.47. The second kappa shape index (κ2) is 6.66. The van der Waals surface area contributed by atoms with Gasteiger partial charge in [-0.3, -0.25) is 4.79 Å². The van der Waals surface area contributed by atoms with Gasteiger partial charge < -0.3 is 33.8 Å². The number of fused-ring (bicyclic) bond motifs is 13. The summed E-state index contributed by atoms with van der Waals surface area (Å²) in [7, 11) is 3.24. The Morgan fingerprint density at radius 3 is 2.42 bits per heavy atom. The Labute approximate surface area is 205 Å². The number of nitrogens with one attached hydrogen (secondary N) is 1. The average molecular weight is 484 g/mol. The van der Waals surface area contributed by atoms with Gasteiger partial charge in [0.25, 0.3) is 5.91 Å². The number of aromatic nitrogens is 2. The second-order valence-electron chi connectivity index (χ2n) is 10.2. The van der Waals surface area contributed by atoms with Crippen LogP contribution in [0.25, 0.3) is 43.6 Å². The number of rotatable bonds is 2. The lowest BCUT2D eigenvalue weighted by molar-refractivity contribution is -0.278. The molecule has 8 heteroatoms. The van der Waals surface area contributed by atoms with Gasteiger partial charge in [0.15, 0.2) is 12.0 Å². The molecule has 3 aliphatic heterocycles. The zero-order valence-corrected chi connectivity index (χ0v) is 20.1. The lowest BCUT2D eigenvalue weighted by Crippen LogP contribution is -2.56. The SMILES string of the molecule is COC1NC(=O)c2c1c1c3ccccc3n3c1c1c2c2ccccc2n1C1CC(O)C(OC)C3(C)O1. The van der Waals surface area contributed by atoms with Crippen molar-refractivity contribution in [3.8, 4) is 0 Å². The molecule has 5 atom stereocenters. The number of ether oxygens (including phenoxy) is 3. The van der Waals surface area contributed by atoms with Crippen LogP contribution < -0.4 is 5.32 Å². The molecule has 0 spiro atoms. The van der Waals surface area contributed by atoms with E-state index < -0.39 is 30.4 Å². The molecule has 1 amide bonds. The van der Waals surface area contributed by atoms with Crippen molar-refractivity contribution in [2.24, 2.45) is 0 Å². The summed E-state index contributed by atoms with van der Waals surface area (Å²) in [6.45, 7) is 1.99. The number of amides is 1. The number of aliphatic hydroxyl groups is 1. The lowest BCUT2D eigenvalue weighted by Gasteiger charge is -2.46. The first kappa shape index (κ1) is 20.7. The molecule has 5 heterocycles. The third-order valence-electron chi connectivity index (χ3n) is 8.47. The number of benzene rings is 3. The quantitative estimate of drug-likeness (QED) is 0.392. The summed E-state index contributed by atoms with van der Waals surface area (Å²) in [5, 5.41) is 18.2. The van der Waals surface area contributed by atoms with Crippen LogP contribution >= 0.6 is 0 Å². The minimum Gasteiger partial charge on any atom is -0.390 e. The lowest BCUT2D eigenvalue weighted by atomic mass is 9.95. The van der Waals surface area contributed by atoms with Crippen LogP contribution in [0.5, 0.6) is 0 Å². The predicted octanol–water partition coefficient (Wildman–Crippen LogP) is 4.27. The van der Waals surface area contributed by atoms with Crippen molar-refractivity contribution in [2.45, 2.75) is 43.7 Å². The van der Waals surface area contributed by atoms with E-state index in [9.17, 15) is 9.90 Å². The number of aliphatic hydroxyl groups excluding tert-OH is 1. The maximum atomic E-state index is 13.5. The van der Waals surface area contributed by atoms with Gasteiger partial charge in [0.1, 0.15) is 12.3 Å². The Bertz CT molecular complexity index is 1780. The molecular formula is C28H25N3O5. The minimum absolute atomic E-state index is 0.146. The van der Waals surface area contributed by atoms with Gasteiger partial charge in [-0.1, -0.05) is 36.4 Å². The molecule has 8 nitrogen and oxygen atoms in total. The van der Waals surface area contributed by atoms with E-state index in [0.29, 0.717) is 12.0 Å². The summed E-state index contributed by atoms with van der Waals surface area (Å²) in [5.74, 6) is -0.146. The Morgan fingerprint density at radius 1 is 1.00 bits per heavy atom. The highest BCUT2D eigenvalue weighted by Crippen LogP contribution is 2.54. The van der Waals surface area contributed by atoms with Crippen molar-refractivity contribution in [3.63, 3.8) is 0 Å². The van der Waals surface area contributed by atoms with Gasteiger partial charge in [-0.05, 0) is 19.1 Å². The maximum absolute atomic E-state index is 13.5. The zero-order chi connectivity index (χ0) is 24.5. The van der Waals surface area contributed by atoms with Crippen LogP contribution in [0, 0.1) is 0 Å². The van der Waals surface area contributed by atoms with Gasteiger partial charge in [0.05, 0.1) is 33.7 Å². The van der Waals surface area contributed by atoms with Gasteiger partial charge >= 0.3 is 0 Å². The fourth-order valence-corrected chi connectivity index (χ4v) is 7.24. The summed E-state index contributed by atoms with van der Waals surface area (Å²) in [4.78, 5) is 13.5. The number of carbonyl (C=O) groups excluding carboxylic acids is 1. The Kier molecular flexibility index (Phi) is 3.83. The molecule has 0 saturated carbocycles. The number of carbonyl (C=O) groups is 1. The van der Waals surface area contributed by atoms with E-state index in [4.69, 9.17) is 14.2 Å².